The molecular formula is C13H19N. The van der Waals surface area contributed by atoms with Gasteiger partial charge in [0.2, 0.25) is 0 Å². The summed E-state index contributed by atoms with van der Waals surface area (Å²) >= 11 is 0. The lowest BCUT2D eigenvalue weighted by Gasteiger charge is -2.36. The van der Waals surface area contributed by atoms with Crippen LogP contribution in [0.3, 0.4) is 0 Å². The Kier molecular flexibility index (Phi) is 2.36. The molecule has 1 aromatic carbocycles. The molecular weight excluding hydrogens is 170 g/mol. The van der Waals surface area contributed by atoms with Crippen molar-refractivity contribution < 1.29 is 0 Å². The van der Waals surface area contributed by atoms with E-state index in [1.807, 2.05) is 0 Å². The van der Waals surface area contributed by atoms with Crippen LogP contribution < -0.4 is 5.73 Å². The minimum absolute atomic E-state index is 0.336. The van der Waals surface area contributed by atoms with Gasteiger partial charge in [-0.25, -0.2) is 0 Å². The summed E-state index contributed by atoms with van der Waals surface area (Å²) in [5.74, 6) is 0.583. The van der Waals surface area contributed by atoms with Crippen LogP contribution in [0.15, 0.2) is 24.3 Å². The van der Waals surface area contributed by atoms with Gasteiger partial charge in [0.1, 0.15) is 0 Å². The van der Waals surface area contributed by atoms with Gasteiger partial charge in [0.25, 0.3) is 0 Å². The van der Waals surface area contributed by atoms with E-state index in [0.717, 1.165) is 6.54 Å². The predicted octanol–water partition coefficient (Wildman–Crippen LogP) is 2.80. The predicted molar refractivity (Wildman–Crippen MR) is 60.5 cm³/mol. The highest BCUT2D eigenvalue weighted by Crippen LogP contribution is 2.41. The summed E-state index contributed by atoms with van der Waals surface area (Å²) in [6.45, 7) is 5.45. The molecule has 1 heteroatoms. The van der Waals surface area contributed by atoms with Crippen LogP contribution in [-0.2, 0) is 5.41 Å². The molecule has 76 valence electrons. The van der Waals surface area contributed by atoms with Gasteiger partial charge < -0.3 is 5.73 Å². The summed E-state index contributed by atoms with van der Waals surface area (Å²) in [6, 6.07) is 8.77. The molecule has 1 nitrogen and oxygen atoms in total. The number of benzene rings is 1. The van der Waals surface area contributed by atoms with Crippen molar-refractivity contribution in [3.63, 3.8) is 0 Å². The Morgan fingerprint density at radius 2 is 2.07 bits per heavy atom. The number of fused-ring (bicyclic) bond motifs is 1. The van der Waals surface area contributed by atoms with Gasteiger partial charge in [-0.2, -0.15) is 0 Å². The van der Waals surface area contributed by atoms with Gasteiger partial charge in [0.05, 0.1) is 0 Å². The molecule has 0 saturated heterocycles. The van der Waals surface area contributed by atoms with Crippen molar-refractivity contribution >= 4 is 0 Å². The summed E-state index contributed by atoms with van der Waals surface area (Å²) < 4.78 is 0. The Morgan fingerprint density at radius 3 is 2.79 bits per heavy atom. The quantitative estimate of drug-likeness (QED) is 0.722. The standard InChI is InChI=1S/C13H19N/c1-13(2)8-7-10(9-14)11-5-3-4-6-12(11)13/h3-6,10H,7-9,14H2,1-2H3/t10-/m1/s1. The molecule has 2 N–H and O–H groups in total. The Labute approximate surface area is 86.3 Å². The maximum Gasteiger partial charge on any atom is -0.000813 e. The Morgan fingerprint density at radius 1 is 1.36 bits per heavy atom. The van der Waals surface area contributed by atoms with Crippen molar-refractivity contribution in [2.24, 2.45) is 5.73 Å². The largest absolute Gasteiger partial charge is 0.330 e. The molecule has 0 fully saturated rings. The molecule has 0 aliphatic heterocycles. The van der Waals surface area contributed by atoms with Crippen LogP contribution in [0.25, 0.3) is 0 Å². The molecule has 0 spiro atoms. The molecule has 0 aromatic heterocycles. The first-order chi connectivity index (χ1) is 6.65. The van der Waals surface area contributed by atoms with Crippen molar-refractivity contribution in [3.05, 3.63) is 35.4 Å². The molecule has 0 bridgehead atoms. The number of hydrogen-bond acceptors (Lipinski definition) is 1. The zero-order chi connectivity index (χ0) is 10.2. The lowest BCUT2D eigenvalue weighted by molar-refractivity contribution is 0.394. The summed E-state index contributed by atoms with van der Waals surface area (Å²) in [7, 11) is 0. The fourth-order valence-electron chi connectivity index (χ4n) is 2.54. The third-order valence-electron chi connectivity index (χ3n) is 3.53. The second-order valence-electron chi connectivity index (χ2n) is 4.94. The van der Waals surface area contributed by atoms with Crippen molar-refractivity contribution in [3.8, 4) is 0 Å². The minimum atomic E-state index is 0.336. The van der Waals surface area contributed by atoms with Crippen LogP contribution in [0.4, 0.5) is 0 Å². The number of nitrogens with two attached hydrogens (primary N) is 1. The van der Waals surface area contributed by atoms with E-state index < -0.39 is 0 Å². The fourth-order valence-corrected chi connectivity index (χ4v) is 2.54. The van der Waals surface area contributed by atoms with Gasteiger partial charge in [-0.3, -0.25) is 0 Å². The molecule has 1 aromatic rings. The molecule has 1 aliphatic rings. The summed E-state index contributed by atoms with van der Waals surface area (Å²) in [5, 5.41) is 0. The third-order valence-corrected chi connectivity index (χ3v) is 3.53. The topological polar surface area (TPSA) is 26.0 Å². The maximum absolute atomic E-state index is 5.81. The van der Waals surface area contributed by atoms with E-state index in [2.05, 4.69) is 38.1 Å². The third kappa shape index (κ3) is 1.46. The van der Waals surface area contributed by atoms with Crippen molar-refractivity contribution in [2.75, 3.05) is 6.54 Å². The van der Waals surface area contributed by atoms with Crippen molar-refractivity contribution in [1.82, 2.24) is 0 Å². The summed E-state index contributed by atoms with van der Waals surface area (Å²) in [6.07, 6.45) is 2.49. The Bertz CT molecular complexity index is 328. The van der Waals surface area contributed by atoms with Crippen LogP contribution in [0.1, 0.15) is 43.7 Å². The van der Waals surface area contributed by atoms with E-state index in [-0.39, 0.29) is 0 Å². The van der Waals surface area contributed by atoms with E-state index >= 15 is 0 Å². The van der Waals surface area contributed by atoms with Crippen LogP contribution in [0, 0.1) is 0 Å². The van der Waals surface area contributed by atoms with Gasteiger partial charge in [-0.15, -0.1) is 0 Å². The van der Waals surface area contributed by atoms with Crippen LogP contribution in [0.2, 0.25) is 0 Å². The molecule has 1 atom stereocenters. The zero-order valence-electron chi connectivity index (χ0n) is 9.09. The minimum Gasteiger partial charge on any atom is -0.330 e. The lowest BCUT2D eigenvalue weighted by Crippen LogP contribution is -2.29. The first-order valence-electron chi connectivity index (χ1n) is 5.44. The normalized spacial score (nSPS) is 24.4. The van der Waals surface area contributed by atoms with Gasteiger partial charge >= 0.3 is 0 Å². The first-order valence-corrected chi connectivity index (χ1v) is 5.44. The highest BCUT2D eigenvalue weighted by molar-refractivity contribution is 5.38. The van der Waals surface area contributed by atoms with E-state index in [1.165, 1.54) is 24.0 Å². The molecule has 0 unspecified atom stereocenters. The van der Waals surface area contributed by atoms with Crippen molar-refractivity contribution in [1.29, 1.82) is 0 Å². The average molecular weight is 189 g/mol. The maximum atomic E-state index is 5.81. The van der Waals surface area contributed by atoms with Crippen LogP contribution in [0.5, 0.6) is 0 Å². The number of rotatable bonds is 1. The summed E-state index contributed by atoms with van der Waals surface area (Å²) in [5.41, 5.74) is 9.12. The van der Waals surface area contributed by atoms with Gasteiger partial charge in [-0.1, -0.05) is 38.1 Å². The fraction of sp³-hybridized carbons (Fsp3) is 0.538. The van der Waals surface area contributed by atoms with E-state index in [4.69, 9.17) is 5.73 Å². The first kappa shape index (κ1) is 9.72. The van der Waals surface area contributed by atoms with E-state index in [0.29, 0.717) is 11.3 Å². The lowest BCUT2D eigenvalue weighted by atomic mass is 9.69. The van der Waals surface area contributed by atoms with Gasteiger partial charge in [0, 0.05) is 0 Å². The summed E-state index contributed by atoms with van der Waals surface area (Å²) in [4.78, 5) is 0. The molecule has 14 heavy (non-hydrogen) atoms. The molecule has 0 amide bonds. The molecule has 2 rings (SSSR count). The Hall–Kier alpha value is -0.820. The van der Waals surface area contributed by atoms with Crippen LogP contribution >= 0.6 is 0 Å². The van der Waals surface area contributed by atoms with Crippen molar-refractivity contribution in [2.45, 2.75) is 38.0 Å². The highest BCUT2D eigenvalue weighted by Gasteiger charge is 2.31. The van der Waals surface area contributed by atoms with E-state index in [9.17, 15) is 0 Å². The average Bonchev–Trinajstić information content (AvgIpc) is 2.18. The second kappa shape index (κ2) is 3.39. The van der Waals surface area contributed by atoms with Gasteiger partial charge in [-0.05, 0) is 41.8 Å². The number of hydrogen-bond donors (Lipinski definition) is 1. The molecule has 0 saturated carbocycles. The molecule has 0 radical (unpaired) electrons. The second-order valence-corrected chi connectivity index (χ2v) is 4.94. The Balaban J connectivity index is 2.49. The monoisotopic (exact) mass is 189 g/mol. The smallest absolute Gasteiger partial charge is 0.000813 e. The highest BCUT2D eigenvalue weighted by atomic mass is 14.6. The van der Waals surface area contributed by atoms with Crippen LogP contribution in [-0.4, -0.2) is 6.54 Å². The molecule has 0 heterocycles. The van der Waals surface area contributed by atoms with Gasteiger partial charge in [0.15, 0.2) is 0 Å². The zero-order valence-corrected chi connectivity index (χ0v) is 9.09. The van der Waals surface area contributed by atoms with E-state index in [1.54, 1.807) is 0 Å². The SMILES string of the molecule is CC1(C)CC[C@H](CN)c2ccccc21. The molecule has 1 aliphatic carbocycles.